The van der Waals surface area contributed by atoms with E-state index in [1.54, 1.807) is 0 Å². The average molecular weight is 141 g/mol. The first-order valence-electron chi connectivity index (χ1n) is 3.69. The first-order chi connectivity index (χ1) is 4.75. The molecule has 1 aliphatic carbocycles. The molecule has 56 valence electrons. The molecule has 0 radical (unpaired) electrons. The summed E-state index contributed by atoms with van der Waals surface area (Å²) in [7, 11) is 0. The zero-order valence-corrected chi connectivity index (χ0v) is 5.75. The molecule has 2 aliphatic rings. The first kappa shape index (κ1) is 6.16. The third-order valence-corrected chi connectivity index (χ3v) is 2.31. The Morgan fingerprint density at radius 2 is 2.10 bits per heavy atom. The van der Waals surface area contributed by atoms with Crippen LogP contribution in [-0.2, 0) is 9.53 Å². The molecule has 0 spiro atoms. The van der Waals surface area contributed by atoms with Crippen LogP contribution in [0.2, 0.25) is 0 Å². The van der Waals surface area contributed by atoms with Crippen LogP contribution in [0.25, 0.3) is 0 Å². The summed E-state index contributed by atoms with van der Waals surface area (Å²) in [5.41, 5.74) is 5.05. The third-order valence-electron chi connectivity index (χ3n) is 2.31. The molecule has 2 N–H and O–H groups in total. The lowest BCUT2D eigenvalue weighted by Gasteiger charge is -2.06. The fourth-order valence-electron chi connectivity index (χ4n) is 1.80. The first-order valence-corrected chi connectivity index (χ1v) is 3.69. The number of amides is 1. The third kappa shape index (κ3) is 1.01. The fraction of sp³-hybridized carbons (Fsp3) is 0.857. The van der Waals surface area contributed by atoms with E-state index in [2.05, 4.69) is 0 Å². The number of epoxide rings is 1. The predicted molar refractivity (Wildman–Crippen MR) is 35.2 cm³/mol. The number of rotatable bonds is 2. The molecule has 1 amide bonds. The van der Waals surface area contributed by atoms with Gasteiger partial charge in [-0.25, -0.2) is 0 Å². The molecule has 2 atom stereocenters. The topological polar surface area (TPSA) is 55.6 Å². The summed E-state index contributed by atoms with van der Waals surface area (Å²) in [5.74, 6) is 0.340. The molecule has 10 heavy (non-hydrogen) atoms. The average Bonchev–Trinajstić information content (AvgIpc) is 2.39. The zero-order chi connectivity index (χ0) is 7.14. The highest BCUT2D eigenvalue weighted by molar-refractivity contribution is 5.74. The number of hydrogen-bond donors (Lipinski definition) is 1. The van der Waals surface area contributed by atoms with Gasteiger partial charge in [0.1, 0.15) is 0 Å². The lowest BCUT2D eigenvalue weighted by atomic mass is 10.0. The minimum absolute atomic E-state index is 0.175. The van der Waals surface area contributed by atoms with Crippen molar-refractivity contribution in [2.24, 2.45) is 11.7 Å². The molecule has 1 aliphatic heterocycles. The molecule has 3 heteroatoms. The number of hydrogen-bond acceptors (Lipinski definition) is 2. The summed E-state index contributed by atoms with van der Waals surface area (Å²) >= 11 is 0. The molecule has 3 nitrogen and oxygen atoms in total. The van der Waals surface area contributed by atoms with Gasteiger partial charge in [0.2, 0.25) is 5.91 Å². The van der Waals surface area contributed by atoms with Gasteiger partial charge in [-0.15, -0.1) is 0 Å². The van der Waals surface area contributed by atoms with Crippen LogP contribution in [0.5, 0.6) is 0 Å². The van der Waals surface area contributed by atoms with Crippen molar-refractivity contribution in [1.82, 2.24) is 0 Å². The largest absolute Gasteiger partial charge is 0.370 e. The maximum atomic E-state index is 10.5. The fourth-order valence-corrected chi connectivity index (χ4v) is 1.80. The van der Waals surface area contributed by atoms with Crippen molar-refractivity contribution in [3.05, 3.63) is 0 Å². The van der Waals surface area contributed by atoms with Crippen molar-refractivity contribution in [2.45, 2.75) is 31.5 Å². The second-order valence-electron chi connectivity index (χ2n) is 3.22. The molecule has 0 aromatic rings. The molecular weight excluding hydrogens is 130 g/mol. The Morgan fingerprint density at radius 3 is 2.60 bits per heavy atom. The minimum Gasteiger partial charge on any atom is -0.370 e. The Labute approximate surface area is 59.5 Å². The summed E-state index contributed by atoms with van der Waals surface area (Å²) in [4.78, 5) is 10.5. The van der Waals surface area contributed by atoms with Crippen molar-refractivity contribution in [2.75, 3.05) is 0 Å². The lowest BCUT2D eigenvalue weighted by Crippen LogP contribution is -2.15. The van der Waals surface area contributed by atoms with E-state index >= 15 is 0 Å². The van der Waals surface area contributed by atoms with E-state index in [1.807, 2.05) is 0 Å². The molecule has 1 heterocycles. The SMILES string of the molecule is NC(=O)CC1CC2OC2C1. The smallest absolute Gasteiger partial charge is 0.217 e. The Balaban J connectivity index is 1.80. The van der Waals surface area contributed by atoms with Crippen LogP contribution in [0.15, 0.2) is 0 Å². The highest BCUT2D eigenvalue weighted by Crippen LogP contribution is 2.43. The molecule has 1 saturated carbocycles. The van der Waals surface area contributed by atoms with Crippen molar-refractivity contribution in [3.8, 4) is 0 Å². The van der Waals surface area contributed by atoms with Crippen LogP contribution in [0.3, 0.4) is 0 Å². The second-order valence-corrected chi connectivity index (χ2v) is 3.22. The Bertz CT molecular complexity index is 159. The van der Waals surface area contributed by atoms with E-state index in [0.717, 1.165) is 12.8 Å². The molecule has 0 bridgehead atoms. The van der Waals surface area contributed by atoms with Crippen LogP contribution in [0.1, 0.15) is 19.3 Å². The minimum atomic E-state index is -0.175. The molecular formula is C7H11NO2. The van der Waals surface area contributed by atoms with Gasteiger partial charge in [0.05, 0.1) is 12.2 Å². The summed E-state index contributed by atoms with van der Waals surface area (Å²) in [6, 6.07) is 0. The van der Waals surface area contributed by atoms with E-state index < -0.39 is 0 Å². The van der Waals surface area contributed by atoms with E-state index in [0.29, 0.717) is 24.5 Å². The van der Waals surface area contributed by atoms with E-state index in [-0.39, 0.29) is 5.91 Å². The van der Waals surface area contributed by atoms with Crippen LogP contribution in [0.4, 0.5) is 0 Å². The molecule has 1 saturated heterocycles. The van der Waals surface area contributed by atoms with E-state index in [9.17, 15) is 4.79 Å². The standard InChI is InChI=1S/C7H11NO2/c8-7(9)3-4-1-5-6(2-4)10-5/h4-6H,1-3H2,(H2,8,9). The molecule has 0 aromatic carbocycles. The number of fused-ring (bicyclic) bond motifs is 1. The zero-order valence-electron chi connectivity index (χ0n) is 5.75. The number of nitrogens with two attached hydrogens (primary N) is 1. The quantitative estimate of drug-likeness (QED) is 0.552. The van der Waals surface area contributed by atoms with Crippen LogP contribution < -0.4 is 5.73 Å². The normalized spacial score (nSPS) is 43.0. The van der Waals surface area contributed by atoms with Gasteiger partial charge < -0.3 is 10.5 Å². The van der Waals surface area contributed by atoms with Crippen molar-refractivity contribution >= 4 is 5.91 Å². The molecule has 2 rings (SSSR count). The number of carbonyl (C=O) groups excluding carboxylic acids is 1. The molecule has 2 fully saturated rings. The summed E-state index contributed by atoms with van der Waals surface area (Å²) in [5, 5.41) is 0. The van der Waals surface area contributed by atoms with Gasteiger partial charge in [-0.3, -0.25) is 4.79 Å². The Hall–Kier alpha value is -0.570. The van der Waals surface area contributed by atoms with E-state index in [4.69, 9.17) is 10.5 Å². The summed E-state index contributed by atoms with van der Waals surface area (Å²) < 4.78 is 5.21. The van der Waals surface area contributed by atoms with Gasteiger partial charge in [-0.1, -0.05) is 0 Å². The second kappa shape index (κ2) is 1.95. The number of primary amides is 1. The van der Waals surface area contributed by atoms with Crippen LogP contribution in [0, 0.1) is 5.92 Å². The predicted octanol–water partition coefficient (Wildman–Crippen LogP) is 0.0392. The highest BCUT2D eigenvalue weighted by atomic mass is 16.6. The summed E-state index contributed by atoms with van der Waals surface area (Å²) in [6.07, 6.45) is 3.60. The molecule has 2 unspecified atom stereocenters. The number of ether oxygens (including phenoxy) is 1. The van der Waals surface area contributed by atoms with Gasteiger partial charge in [0.25, 0.3) is 0 Å². The van der Waals surface area contributed by atoms with Gasteiger partial charge in [-0.05, 0) is 18.8 Å². The summed E-state index contributed by atoms with van der Waals surface area (Å²) in [6.45, 7) is 0. The highest BCUT2D eigenvalue weighted by Gasteiger charge is 2.47. The van der Waals surface area contributed by atoms with Crippen LogP contribution in [-0.4, -0.2) is 18.1 Å². The van der Waals surface area contributed by atoms with Crippen molar-refractivity contribution in [3.63, 3.8) is 0 Å². The number of carbonyl (C=O) groups is 1. The van der Waals surface area contributed by atoms with Crippen LogP contribution >= 0.6 is 0 Å². The molecule has 0 aromatic heterocycles. The van der Waals surface area contributed by atoms with Crippen molar-refractivity contribution < 1.29 is 9.53 Å². The maximum absolute atomic E-state index is 10.5. The Kier molecular flexibility index (Phi) is 1.20. The maximum Gasteiger partial charge on any atom is 0.217 e. The van der Waals surface area contributed by atoms with Gasteiger partial charge in [0, 0.05) is 6.42 Å². The van der Waals surface area contributed by atoms with Crippen molar-refractivity contribution in [1.29, 1.82) is 0 Å². The van der Waals surface area contributed by atoms with Gasteiger partial charge in [0.15, 0.2) is 0 Å². The van der Waals surface area contributed by atoms with E-state index in [1.165, 1.54) is 0 Å². The monoisotopic (exact) mass is 141 g/mol. The van der Waals surface area contributed by atoms with Gasteiger partial charge in [-0.2, -0.15) is 0 Å². The van der Waals surface area contributed by atoms with Gasteiger partial charge >= 0.3 is 0 Å². The Morgan fingerprint density at radius 1 is 1.50 bits per heavy atom. The lowest BCUT2D eigenvalue weighted by molar-refractivity contribution is -0.119.